The molecule has 0 amide bonds. The Hall–Kier alpha value is -1.72. The molecule has 1 aliphatic rings. The molecule has 5 nitrogen and oxygen atoms in total. The second-order valence-electron chi connectivity index (χ2n) is 4.73. The van der Waals surface area contributed by atoms with Crippen molar-refractivity contribution in [3.05, 3.63) is 47.1 Å². The van der Waals surface area contributed by atoms with Crippen molar-refractivity contribution >= 4 is 0 Å². The van der Waals surface area contributed by atoms with Crippen molar-refractivity contribution in [2.24, 2.45) is 0 Å². The number of rotatable bonds is 3. The smallest absolute Gasteiger partial charge is 0.231 e. The molecule has 1 aliphatic heterocycles. The molecule has 19 heavy (non-hydrogen) atoms. The number of aryl methyl sites for hydroxylation is 1. The fourth-order valence-corrected chi connectivity index (χ4v) is 2.18. The molecule has 2 heterocycles. The van der Waals surface area contributed by atoms with E-state index in [0.29, 0.717) is 24.7 Å². The molecule has 0 spiro atoms. The molecule has 1 N–H and O–H groups in total. The van der Waals surface area contributed by atoms with Gasteiger partial charge >= 0.3 is 0 Å². The van der Waals surface area contributed by atoms with Crippen LogP contribution in [-0.2, 0) is 11.2 Å². The fourth-order valence-electron chi connectivity index (χ4n) is 2.18. The number of hydrogen-bond acceptors (Lipinski definition) is 5. The quantitative estimate of drug-likeness (QED) is 0.907. The summed E-state index contributed by atoms with van der Waals surface area (Å²) in [5.41, 5.74) is 2.45. The van der Waals surface area contributed by atoms with E-state index in [-0.39, 0.29) is 6.04 Å². The zero-order valence-corrected chi connectivity index (χ0v) is 10.9. The number of benzene rings is 1. The van der Waals surface area contributed by atoms with Crippen LogP contribution in [0.15, 0.2) is 28.8 Å². The first-order valence-corrected chi connectivity index (χ1v) is 6.51. The van der Waals surface area contributed by atoms with Crippen molar-refractivity contribution in [3.63, 3.8) is 0 Å². The third-order valence-corrected chi connectivity index (χ3v) is 3.32. The van der Waals surface area contributed by atoms with Crippen LogP contribution in [0.5, 0.6) is 0 Å². The standard InChI is InChI=1S/C14H17N3O2/c1-10-4-2-3-5-11(10)8-13-16-14(17-19-13)12-9-18-7-6-15-12/h2-5,12,15H,6-9H2,1H3. The van der Waals surface area contributed by atoms with Gasteiger partial charge in [0.1, 0.15) is 0 Å². The van der Waals surface area contributed by atoms with Gasteiger partial charge in [0.05, 0.1) is 25.7 Å². The molecule has 2 aromatic rings. The van der Waals surface area contributed by atoms with Crippen LogP contribution < -0.4 is 5.32 Å². The lowest BCUT2D eigenvalue weighted by Crippen LogP contribution is -2.35. The molecule has 5 heteroatoms. The summed E-state index contributed by atoms with van der Waals surface area (Å²) < 4.78 is 10.7. The van der Waals surface area contributed by atoms with Gasteiger partial charge in [-0.1, -0.05) is 29.4 Å². The van der Waals surface area contributed by atoms with Gasteiger partial charge in [0.15, 0.2) is 5.82 Å². The van der Waals surface area contributed by atoms with Crippen LogP contribution in [0.1, 0.15) is 28.9 Å². The van der Waals surface area contributed by atoms with E-state index < -0.39 is 0 Å². The summed E-state index contributed by atoms with van der Waals surface area (Å²) in [7, 11) is 0. The molecule has 0 aliphatic carbocycles. The normalized spacial score (nSPS) is 19.5. The van der Waals surface area contributed by atoms with Gasteiger partial charge in [-0.2, -0.15) is 4.98 Å². The molecule has 1 fully saturated rings. The average molecular weight is 259 g/mol. The zero-order valence-electron chi connectivity index (χ0n) is 10.9. The molecule has 0 radical (unpaired) electrons. The minimum absolute atomic E-state index is 0.0446. The van der Waals surface area contributed by atoms with Crippen LogP contribution in [0.25, 0.3) is 0 Å². The second kappa shape index (κ2) is 5.50. The number of hydrogen-bond donors (Lipinski definition) is 1. The van der Waals surface area contributed by atoms with Gasteiger partial charge < -0.3 is 14.6 Å². The number of nitrogens with zero attached hydrogens (tertiary/aromatic N) is 2. The van der Waals surface area contributed by atoms with Crippen LogP contribution in [-0.4, -0.2) is 29.9 Å². The minimum atomic E-state index is 0.0446. The highest BCUT2D eigenvalue weighted by molar-refractivity contribution is 5.27. The third-order valence-electron chi connectivity index (χ3n) is 3.32. The van der Waals surface area contributed by atoms with Crippen molar-refractivity contribution in [2.75, 3.05) is 19.8 Å². The first-order chi connectivity index (χ1) is 9.33. The lowest BCUT2D eigenvalue weighted by atomic mass is 10.1. The Morgan fingerprint density at radius 1 is 1.37 bits per heavy atom. The molecular weight excluding hydrogens is 242 g/mol. The van der Waals surface area contributed by atoms with E-state index in [9.17, 15) is 0 Å². The summed E-state index contributed by atoms with van der Waals surface area (Å²) in [6.45, 7) is 4.25. The highest BCUT2D eigenvalue weighted by Gasteiger charge is 2.21. The van der Waals surface area contributed by atoms with Crippen molar-refractivity contribution in [1.29, 1.82) is 0 Å². The second-order valence-corrected chi connectivity index (χ2v) is 4.73. The van der Waals surface area contributed by atoms with E-state index in [0.717, 1.165) is 13.2 Å². The van der Waals surface area contributed by atoms with E-state index in [1.165, 1.54) is 11.1 Å². The number of aromatic nitrogens is 2. The maximum atomic E-state index is 5.40. The van der Waals surface area contributed by atoms with E-state index in [2.05, 4.69) is 34.5 Å². The van der Waals surface area contributed by atoms with Crippen molar-refractivity contribution in [2.45, 2.75) is 19.4 Å². The largest absolute Gasteiger partial charge is 0.378 e. The highest BCUT2D eigenvalue weighted by Crippen LogP contribution is 2.16. The summed E-state index contributed by atoms with van der Waals surface area (Å²) in [6, 6.07) is 8.27. The van der Waals surface area contributed by atoms with Gasteiger partial charge in [0, 0.05) is 6.54 Å². The number of morpholine rings is 1. The Morgan fingerprint density at radius 2 is 2.26 bits per heavy atom. The summed E-state index contributed by atoms with van der Waals surface area (Å²) in [4.78, 5) is 4.45. The van der Waals surface area contributed by atoms with Crippen LogP contribution in [0.2, 0.25) is 0 Å². The predicted octanol–water partition coefficient (Wildman–Crippen LogP) is 1.63. The first kappa shape index (κ1) is 12.3. The molecule has 0 saturated carbocycles. The Kier molecular flexibility index (Phi) is 3.57. The Bertz CT molecular complexity index is 547. The summed E-state index contributed by atoms with van der Waals surface area (Å²) in [5, 5.41) is 7.35. The molecule has 1 saturated heterocycles. The van der Waals surface area contributed by atoms with E-state index in [1.807, 2.05) is 12.1 Å². The topological polar surface area (TPSA) is 60.2 Å². The van der Waals surface area contributed by atoms with Crippen molar-refractivity contribution in [1.82, 2.24) is 15.5 Å². The van der Waals surface area contributed by atoms with E-state index in [1.54, 1.807) is 0 Å². The lowest BCUT2D eigenvalue weighted by molar-refractivity contribution is 0.0734. The molecule has 1 atom stereocenters. The monoisotopic (exact) mass is 259 g/mol. The van der Waals surface area contributed by atoms with Gasteiger partial charge in [0.2, 0.25) is 5.89 Å². The van der Waals surface area contributed by atoms with Crippen LogP contribution in [0, 0.1) is 6.92 Å². The van der Waals surface area contributed by atoms with Gasteiger partial charge in [-0.3, -0.25) is 0 Å². The number of ether oxygens (including phenoxy) is 1. The zero-order chi connectivity index (χ0) is 13.1. The predicted molar refractivity (Wildman–Crippen MR) is 69.8 cm³/mol. The number of nitrogens with one attached hydrogen (secondary N) is 1. The molecule has 3 rings (SSSR count). The van der Waals surface area contributed by atoms with Gasteiger partial charge in [0.25, 0.3) is 0 Å². The van der Waals surface area contributed by atoms with Gasteiger partial charge in [-0.15, -0.1) is 0 Å². The Labute approximate surface area is 112 Å². The van der Waals surface area contributed by atoms with Gasteiger partial charge in [-0.05, 0) is 18.1 Å². The van der Waals surface area contributed by atoms with Crippen molar-refractivity contribution < 1.29 is 9.26 Å². The maximum absolute atomic E-state index is 5.40. The average Bonchev–Trinajstić information content (AvgIpc) is 2.91. The summed E-state index contributed by atoms with van der Waals surface area (Å²) in [5.74, 6) is 1.33. The molecular formula is C14H17N3O2. The van der Waals surface area contributed by atoms with Crippen LogP contribution in [0.3, 0.4) is 0 Å². The molecule has 1 aromatic carbocycles. The Morgan fingerprint density at radius 3 is 3.05 bits per heavy atom. The molecule has 1 aromatic heterocycles. The van der Waals surface area contributed by atoms with Crippen LogP contribution in [0.4, 0.5) is 0 Å². The minimum Gasteiger partial charge on any atom is -0.378 e. The summed E-state index contributed by atoms with van der Waals surface area (Å²) in [6.07, 6.45) is 0.674. The molecule has 0 bridgehead atoms. The van der Waals surface area contributed by atoms with E-state index >= 15 is 0 Å². The van der Waals surface area contributed by atoms with Crippen LogP contribution >= 0.6 is 0 Å². The summed E-state index contributed by atoms with van der Waals surface area (Å²) >= 11 is 0. The van der Waals surface area contributed by atoms with E-state index in [4.69, 9.17) is 9.26 Å². The van der Waals surface area contributed by atoms with Crippen molar-refractivity contribution in [3.8, 4) is 0 Å². The first-order valence-electron chi connectivity index (χ1n) is 6.51. The molecule has 100 valence electrons. The lowest BCUT2D eigenvalue weighted by Gasteiger charge is -2.20. The Balaban J connectivity index is 1.73. The van der Waals surface area contributed by atoms with Gasteiger partial charge in [-0.25, -0.2) is 0 Å². The SMILES string of the molecule is Cc1ccccc1Cc1nc(C2COCCN2)no1. The highest BCUT2D eigenvalue weighted by atomic mass is 16.5. The fraction of sp³-hybridized carbons (Fsp3) is 0.429. The molecule has 1 unspecified atom stereocenters. The third kappa shape index (κ3) is 2.83. The maximum Gasteiger partial charge on any atom is 0.231 e.